The predicted octanol–water partition coefficient (Wildman–Crippen LogP) is 5.56. The smallest absolute Gasteiger partial charge is 0.266 e. The Kier molecular flexibility index (Phi) is 6.82. The van der Waals surface area contributed by atoms with E-state index in [9.17, 15) is 14.9 Å². The predicted molar refractivity (Wildman–Crippen MR) is 128 cm³/mol. The van der Waals surface area contributed by atoms with Crippen molar-refractivity contribution in [3.63, 3.8) is 0 Å². The zero-order valence-corrected chi connectivity index (χ0v) is 19.0. The molecule has 2 N–H and O–H groups in total. The van der Waals surface area contributed by atoms with E-state index in [0.717, 1.165) is 28.2 Å². The number of halogens is 1. The summed E-state index contributed by atoms with van der Waals surface area (Å²) in [5.74, 6) is -0.629. The lowest BCUT2D eigenvalue weighted by atomic mass is 10.1. The quantitative estimate of drug-likeness (QED) is 0.397. The zero-order valence-electron chi connectivity index (χ0n) is 18.3. The van der Waals surface area contributed by atoms with Crippen LogP contribution < -0.4 is 10.6 Å². The van der Waals surface area contributed by atoms with Crippen LogP contribution in [0.5, 0.6) is 0 Å². The average Bonchev–Trinajstić information content (AvgIpc) is 3.02. The molecule has 0 spiro atoms. The second kappa shape index (κ2) is 9.54. The Hall–Kier alpha value is -3.82. The molecule has 0 unspecified atom stereocenters. The van der Waals surface area contributed by atoms with Gasteiger partial charge in [0.15, 0.2) is 0 Å². The summed E-state index contributed by atoms with van der Waals surface area (Å²) in [5, 5.41) is 15.6. The van der Waals surface area contributed by atoms with E-state index in [-0.39, 0.29) is 11.5 Å². The van der Waals surface area contributed by atoms with Gasteiger partial charge in [0.1, 0.15) is 11.6 Å². The van der Waals surface area contributed by atoms with E-state index >= 15 is 0 Å². The Morgan fingerprint density at radius 1 is 1.06 bits per heavy atom. The number of hydrogen-bond donors (Lipinski definition) is 2. The molecular weight excluding hydrogens is 424 g/mol. The summed E-state index contributed by atoms with van der Waals surface area (Å²) in [7, 11) is 0. The number of amides is 2. The molecule has 3 rings (SSSR count). The van der Waals surface area contributed by atoms with E-state index in [1.807, 2.05) is 54.8 Å². The van der Waals surface area contributed by atoms with Crippen molar-refractivity contribution >= 4 is 40.9 Å². The molecule has 1 heterocycles. The van der Waals surface area contributed by atoms with Gasteiger partial charge in [-0.2, -0.15) is 5.26 Å². The summed E-state index contributed by atoms with van der Waals surface area (Å²) in [6.07, 6.45) is 1.58. The monoisotopic (exact) mass is 446 g/mol. The molecule has 32 heavy (non-hydrogen) atoms. The molecule has 7 heteroatoms. The first-order valence-corrected chi connectivity index (χ1v) is 10.3. The molecule has 0 atom stereocenters. The maximum absolute atomic E-state index is 12.7. The van der Waals surface area contributed by atoms with Crippen molar-refractivity contribution in [1.29, 1.82) is 5.26 Å². The Morgan fingerprint density at radius 2 is 1.75 bits per heavy atom. The SMILES string of the molecule is CC(=O)Nc1ccc(-n2c(C)cc(/C=C(/C#N)C(=O)Nc3cccc(Cl)c3C)c2C)cc1. The number of benzene rings is 2. The van der Waals surface area contributed by atoms with Crippen molar-refractivity contribution in [2.75, 3.05) is 10.6 Å². The molecule has 0 bridgehead atoms. The minimum atomic E-state index is -0.498. The minimum absolute atomic E-state index is 0.00867. The summed E-state index contributed by atoms with van der Waals surface area (Å²) in [6.45, 7) is 7.14. The number of rotatable bonds is 5. The molecular formula is C25H23ClN4O2. The van der Waals surface area contributed by atoms with Crippen molar-refractivity contribution in [2.24, 2.45) is 0 Å². The number of nitrogens with zero attached hydrogens (tertiary/aromatic N) is 2. The van der Waals surface area contributed by atoms with E-state index in [1.165, 1.54) is 6.92 Å². The van der Waals surface area contributed by atoms with Crippen LogP contribution in [0.15, 0.2) is 54.1 Å². The Bertz CT molecular complexity index is 1260. The van der Waals surface area contributed by atoms with Gasteiger partial charge in [0.05, 0.1) is 0 Å². The minimum Gasteiger partial charge on any atom is -0.326 e. The molecule has 0 saturated heterocycles. The molecule has 0 saturated carbocycles. The Labute approximate surface area is 192 Å². The van der Waals surface area contributed by atoms with Gasteiger partial charge in [-0.3, -0.25) is 9.59 Å². The number of nitriles is 1. The number of hydrogen-bond acceptors (Lipinski definition) is 3. The summed E-state index contributed by atoms with van der Waals surface area (Å²) in [4.78, 5) is 24.0. The molecule has 0 aliphatic carbocycles. The van der Waals surface area contributed by atoms with Crippen LogP contribution in [0.25, 0.3) is 11.8 Å². The summed E-state index contributed by atoms with van der Waals surface area (Å²) < 4.78 is 2.03. The highest BCUT2D eigenvalue weighted by molar-refractivity contribution is 6.31. The number of anilines is 2. The number of carbonyl (C=O) groups excluding carboxylic acids is 2. The molecule has 162 valence electrons. The maximum atomic E-state index is 12.7. The molecule has 1 aromatic heterocycles. The van der Waals surface area contributed by atoms with Crippen LogP contribution in [0.4, 0.5) is 11.4 Å². The van der Waals surface area contributed by atoms with Crippen molar-refractivity contribution in [2.45, 2.75) is 27.7 Å². The molecule has 0 aliphatic heterocycles. The fourth-order valence-electron chi connectivity index (χ4n) is 3.46. The van der Waals surface area contributed by atoms with Crippen LogP contribution in [0.2, 0.25) is 5.02 Å². The van der Waals surface area contributed by atoms with Gasteiger partial charge in [0.25, 0.3) is 5.91 Å². The fraction of sp³-hybridized carbons (Fsp3) is 0.160. The third kappa shape index (κ3) is 4.90. The normalized spacial score (nSPS) is 11.1. The lowest BCUT2D eigenvalue weighted by Crippen LogP contribution is -2.14. The molecule has 0 radical (unpaired) electrons. The lowest BCUT2D eigenvalue weighted by molar-refractivity contribution is -0.114. The fourth-order valence-corrected chi connectivity index (χ4v) is 3.64. The first-order chi connectivity index (χ1) is 15.2. The van der Waals surface area contributed by atoms with Crippen LogP contribution in [-0.2, 0) is 9.59 Å². The highest BCUT2D eigenvalue weighted by Crippen LogP contribution is 2.26. The van der Waals surface area contributed by atoms with E-state index in [1.54, 1.807) is 31.2 Å². The van der Waals surface area contributed by atoms with E-state index in [4.69, 9.17) is 11.6 Å². The van der Waals surface area contributed by atoms with Crippen LogP contribution in [0.1, 0.15) is 29.4 Å². The number of carbonyl (C=O) groups is 2. The zero-order chi connectivity index (χ0) is 23.4. The Balaban J connectivity index is 1.90. The molecule has 3 aromatic rings. The maximum Gasteiger partial charge on any atom is 0.266 e. The summed E-state index contributed by atoms with van der Waals surface area (Å²) >= 11 is 6.12. The lowest BCUT2D eigenvalue weighted by Gasteiger charge is -2.11. The van der Waals surface area contributed by atoms with Crippen LogP contribution in [-0.4, -0.2) is 16.4 Å². The number of aromatic nitrogens is 1. The van der Waals surface area contributed by atoms with Gasteiger partial charge in [0, 0.05) is 40.4 Å². The first-order valence-electron chi connectivity index (χ1n) is 9.96. The molecule has 0 aliphatic rings. The molecule has 6 nitrogen and oxygen atoms in total. The van der Waals surface area contributed by atoms with Gasteiger partial charge in [0.2, 0.25) is 5.91 Å². The van der Waals surface area contributed by atoms with E-state index in [0.29, 0.717) is 16.4 Å². The van der Waals surface area contributed by atoms with E-state index in [2.05, 4.69) is 10.6 Å². The second-order valence-electron chi connectivity index (χ2n) is 7.43. The highest BCUT2D eigenvalue weighted by Gasteiger charge is 2.15. The third-order valence-corrected chi connectivity index (χ3v) is 5.51. The average molecular weight is 447 g/mol. The van der Waals surface area contributed by atoms with Gasteiger partial charge in [-0.15, -0.1) is 0 Å². The van der Waals surface area contributed by atoms with Crippen molar-refractivity contribution < 1.29 is 9.59 Å². The molecule has 2 aromatic carbocycles. The van der Waals surface area contributed by atoms with Gasteiger partial charge >= 0.3 is 0 Å². The molecule has 0 fully saturated rings. The van der Waals surface area contributed by atoms with Crippen molar-refractivity contribution in [3.8, 4) is 11.8 Å². The number of nitrogens with one attached hydrogen (secondary N) is 2. The molecule has 2 amide bonds. The highest BCUT2D eigenvalue weighted by atomic mass is 35.5. The second-order valence-corrected chi connectivity index (χ2v) is 7.83. The van der Waals surface area contributed by atoms with Gasteiger partial charge in [-0.25, -0.2) is 0 Å². The van der Waals surface area contributed by atoms with Gasteiger partial charge in [-0.1, -0.05) is 17.7 Å². The first kappa shape index (κ1) is 22.9. The van der Waals surface area contributed by atoms with Crippen molar-refractivity contribution in [3.05, 3.63) is 81.6 Å². The largest absolute Gasteiger partial charge is 0.326 e. The number of aryl methyl sites for hydroxylation is 1. The van der Waals surface area contributed by atoms with Crippen LogP contribution in [0, 0.1) is 32.1 Å². The van der Waals surface area contributed by atoms with Crippen LogP contribution >= 0.6 is 11.6 Å². The topological polar surface area (TPSA) is 86.9 Å². The van der Waals surface area contributed by atoms with Gasteiger partial charge < -0.3 is 15.2 Å². The van der Waals surface area contributed by atoms with Crippen LogP contribution in [0.3, 0.4) is 0 Å². The van der Waals surface area contributed by atoms with E-state index < -0.39 is 5.91 Å². The van der Waals surface area contributed by atoms with Crippen molar-refractivity contribution in [1.82, 2.24) is 4.57 Å². The summed E-state index contributed by atoms with van der Waals surface area (Å²) in [6, 6.07) is 16.6. The Morgan fingerprint density at radius 3 is 2.38 bits per heavy atom. The summed E-state index contributed by atoms with van der Waals surface area (Å²) in [5.41, 5.74) is 5.51. The third-order valence-electron chi connectivity index (χ3n) is 5.10. The van der Waals surface area contributed by atoms with Gasteiger partial charge in [-0.05, 0) is 80.4 Å². The standard InChI is InChI=1S/C25H23ClN4O2/c1-15-12-19(17(3)30(15)22-10-8-21(9-11-22)28-18(4)31)13-20(14-27)25(32)29-24-7-5-6-23(26)16(24)2/h5-13H,1-4H3,(H,28,31)(H,29,32)/b20-13-.